The number of carbonyl (C=O) groups excluding carboxylic acids is 1. The Morgan fingerprint density at radius 3 is 2.78 bits per heavy atom. The van der Waals surface area contributed by atoms with E-state index in [1.165, 1.54) is 0 Å². The summed E-state index contributed by atoms with van der Waals surface area (Å²) in [4.78, 5) is 16.3. The highest BCUT2D eigenvalue weighted by molar-refractivity contribution is 5.90. The number of aromatic nitrogens is 3. The number of amides is 1. The third-order valence-corrected chi connectivity index (χ3v) is 3.77. The molecule has 1 aliphatic carbocycles. The van der Waals surface area contributed by atoms with E-state index in [4.69, 9.17) is 5.73 Å². The summed E-state index contributed by atoms with van der Waals surface area (Å²) in [6, 6.07) is 0. The van der Waals surface area contributed by atoms with Gasteiger partial charge < -0.3 is 11.1 Å². The van der Waals surface area contributed by atoms with Crippen LogP contribution in [-0.2, 0) is 0 Å². The smallest absolute Gasteiger partial charge is 0.291 e. The van der Waals surface area contributed by atoms with Gasteiger partial charge in [-0.05, 0) is 25.7 Å². The predicted octanol–water partition coefficient (Wildman–Crippen LogP) is 0.785. The number of H-pyrrole nitrogens is 1. The van der Waals surface area contributed by atoms with Gasteiger partial charge in [0.2, 0.25) is 5.82 Å². The molecule has 1 atom stereocenters. The van der Waals surface area contributed by atoms with Crippen molar-refractivity contribution < 1.29 is 4.79 Å². The Morgan fingerprint density at radius 2 is 2.28 bits per heavy atom. The summed E-state index contributed by atoms with van der Waals surface area (Å²) in [5.41, 5.74) is 5.30. The zero-order chi connectivity index (χ0) is 13.3. The summed E-state index contributed by atoms with van der Waals surface area (Å²) in [5.74, 6) is 1.47. The van der Waals surface area contributed by atoms with Gasteiger partial charge >= 0.3 is 0 Å². The van der Waals surface area contributed by atoms with E-state index in [1.807, 2.05) is 20.8 Å². The van der Waals surface area contributed by atoms with Crippen molar-refractivity contribution in [1.82, 2.24) is 20.5 Å². The van der Waals surface area contributed by atoms with Gasteiger partial charge in [0, 0.05) is 12.5 Å². The van der Waals surface area contributed by atoms with Crippen LogP contribution in [-0.4, -0.2) is 33.2 Å². The van der Waals surface area contributed by atoms with Crippen molar-refractivity contribution in [3.63, 3.8) is 0 Å². The van der Waals surface area contributed by atoms with Crippen molar-refractivity contribution in [2.45, 2.75) is 45.1 Å². The van der Waals surface area contributed by atoms with Gasteiger partial charge in [-0.3, -0.25) is 9.89 Å². The molecule has 6 nitrogen and oxygen atoms in total. The highest BCUT2D eigenvalue weighted by atomic mass is 16.2. The number of aromatic amines is 1. The van der Waals surface area contributed by atoms with Gasteiger partial charge in [0.1, 0.15) is 5.82 Å². The Labute approximate surface area is 107 Å². The van der Waals surface area contributed by atoms with Crippen LogP contribution in [0, 0.1) is 5.92 Å². The molecule has 0 aromatic carbocycles. The molecule has 1 fully saturated rings. The van der Waals surface area contributed by atoms with E-state index in [0.717, 1.165) is 18.7 Å². The first-order chi connectivity index (χ1) is 8.46. The molecule has 0 aliphatic heterocycles. The zero-order valence-corrected chi connectivity index (χ0v) is 11.2. The summed E-state index contributed by atoms with van der Waals surface area (Å²) in [7, 11) is 0. The minimum absolute atomic E-state index is 0.206. The molecule has 1 aromatic rings. The number of nitrogens with two attached hydrogens (primary N) is 1. The Kier molecular flexibility index (Phi) is 3.38. The van der Waals surface area contributed by atoms with E-state index in [2.05, 4.69) is 20.5 Å². The third-order valence-electron chi connectivity index (χ3n) is 3.77. The van der Waals surface area contributed by atoms with Crippen LogP contribution < -0.4 is 11.1 Å². The Balaban J connectivity index is 2.05. The molecule has 1 aromatic heterocycles. The summed E-state index contributed by atoms with van der Waals surface area (Å²) < 4.78 is 0. The number of hydrogen-bond donors (Lipinski definition) is 3. The van der Waals surface area contributed by atoms with Crippen LogP contribution in [0.2, 0.25) is 0 Å². The maximum absolute atomic E-state index is 12.1. The summed E-state index contributed by atoms with van der Waals surface area (Å²) in [6.07, 6.45) is 2.26. The van der Waals surface area contributed by atoms with Crippen molar-refractivity contribution in [3.8, 4) is 0 Å². The standard InChI is InChI=1S/C12H21N5O/c1-7(2)12(3,6-13)15-11(18)10-14-9(16-17-10)8-4-5-8/h7-8H,4-6,13H2,1-3H3,(H,15,18)(H,14,16,17). The first-order valence-corrected chi connectivity index (χ1v) is 6.41. The molecule has 100 valence electrons. The second-order valence-corrected chi connectivity index (χ2v) is 5.55. The van der Waals surface area contributed by atoms with Crippen LogP contribution in [0.15, 0.2) is 0 Å². The lowest BCUT2D eigenvalue weighted by atomic mass is 9.88. The normalized spacial score (nSPS) is 18.7. The van der Waals surface area contributed by atoms with E-state index in [-0.39, 0.29) is 17.6 Å². The van der Waals surface area contributed by atoms with Gasteiger partial charge in [-0.15, -0.1) is 5.10 Å². The Morgan fingerprint density at radius 1 is 1.61 bits per heavy atom. The quantitative estimate of drug-likeness (QED) is 0.720. The molecular formula is C12H21N5O. The number of rotatable bonds is 5. The molecule has 1 saturated carbocycles. The van der Waals surface area contributed by atoms with Crippen LogP contribution >= 0.6 is 0 Å². The van der Waals surface area contributed by atoms with Crippen molar-refractivity contribution >= 4 is 5.91 Å². The second kappa shape index (κ2) is 4.68. The Hall–Kier alpha value is -1.43. The molecule has 4 N–H and O–H groups in total. The lowest BCUT2D eigenvalue weighted by molar-refractivity contribution is 0.0872. The van der Waals surface area contributed by atoms with Gasteiger partial charge in [-0.25, -0.2) is 4.98 Å². The van der Waals surface area contributed by atoms with E-state index < -0.39 is 5.54 Å². The number of nitrogens with zero attached hydrogens (tertiary/aromatic N) is 2. The molecule has 1 unspecified atom stereocenters. The molecule has 1 amide bonds. The monoisotopic (exact) mass is 251 g/mol. The molecule has 18 heavy (non-hydrogen) atoms. The van der Waals surface area contributed by atoms with Crippen LogP contribution in [0.3, 0.4) is 0 Å². The number of carbonyl (C=O) groups is 1. The molecule has 6 heteroatoms. The van der Waals surface area contributed by atoms with Crippen molar-refractivity contribution in [1.29, 1.82) is 0 Å². The molecule has 2 rings (SSSR count). The molecule has 0 radical (unpaired) electrons. The number of nitrogens with one attached hydrogen (secondary N) is 2. The summed E-state index contributed by atoms with van der Waals surface area (Å²) >= 11 is 0. The third kappa shape index (κ3) is 2.53. The fraction of sp³-hybridized carbons (Fsp3) is 0.750. The van der Waals surface area contributed by atoms with Gasteiger partial charge in [0.05, 0.1) is 5.54 Å². The minimum atomic E-state index is -0.433. The van der Waals surface area contributed by atoms with Crippen LogP contribution in [0.4, 0.5) is 0 Å². The molecule has 1 aliphatic rings. The molecular weight excluding hydrogens is 230 g/mol. The zero-order valence-electron chi connectivity index (χ0n) is 11.2. The van der Waals surface area contributed by atoms with Gasteiger partial charge in [-0.1, -0.05) is 13.8 Å². The van der Waals surface area contributed by atoms with Crippen LogP contribution in [0.25, 0.3) is 0 Å². The number of hydrogen-bond acceptors (Lipinski definition) is 4. The SMILES string of the molecule is CC(C)C(C)(CN)NC(=O)c1n[nH]c(C2CC2)n1. The lowest BCUT2D eigenvalue weighted by Crippen LogP contribution is -2.55. The average Bonchev–Trinajstić information content (AvgIpc) is 3.06. The topological polar surface area (TPSA) is 96.7 Å². The Bertz CT molecular complexity index is 437. The highest BCUT2D eigenvalue weighted by Crippen LogP contribution is 2.37. The van der Waals surface area contributed by atoms with E-state index >= 15 is 0 Å². The fourth-order valence-corrected chi connectivity index (χ4v) is 1.66. The van der Waals surface area contributed by atoms with Crippen LogP contribution in [0.1, 0.15) is 56.0 Å². The minimum Gasteiger partial charge on any atom is -0.343 e. The molecule has 0 spiro atoms. The first-order valence-electron chi connectivity index (χ1n) is 6.41. The second-order valence-electron chi connectivity index (χ2n) is 5.55. The van der Waals surface area contributed by atoms with Crippen molar-refractivity contribution in [2.75, 3.05) is 6.54 Å². The lowest BCUT2D eigenvalue weighted by Gasteiger charge is -2.33. The largest absolute Gasteiger partial charge is 0.343 e. The average molecular weight is 251 g/mol. The molecule has 1 heterocycles. The van der Waals surface area contributed by atoms with Gasteiger partial charge in [-0.2, -0.15) is 0 Å². The maximum Gasteiger partial charge on any atom is 0.291 e. The van der Waals surface area contributed by atoms with E-state index in [1.54, 1.807) is 0 Å². The van der Waals surface area contributed by atoms with Gasteiger partial charge in [0.15, 0.2) is 0 Å². The van der Waals surface area contributed by atoms with Crippen molar-refractivity contribution in [3.05, 3.63) is 11.6 Å². The predicted molar refractivity (Wildman–Crippen MR) is 68.1 cm³/mol. The van der Waals surface area contributed by atoms with E-state index in [0.29, 0.717) is 12.5 Å². The highest BCUT2D eigenvalue weighted by Gasteiger charge is 2.32. The molecule has 0 saturated heterocycles. The van der Waals surface area contributed by atoms with Gasteiger partial charge in [0.25, 0.3) is 5.91 Å². The summed E-state index contributed by atoms with van der Waals surface area (Å²) in [6.45, 7) is 6.38. The molecule has 0 bridgehead atoms. The maximum atomic E-state index is 12.1. The first kappa shape index (κ1) is 13.0. The van der Waals surface area contributed by atoms with Crippen molar-refractivity contribution in [2.24, 2.45) is 11.7 Å². The van der Waals surface area contributed by atoms with E-state index in [9.17, 15) is 4.79 Å². The van der Waals surface area contributed by atoms with Crippen LogP contribution in [0.5, 0.6) is 0 Å². The fourth-order valence-electron chi connectivity index (χ4n) is 1.66. The summed E-state index contributed by atoms with van der Waals surface area (Å²) in [5, 5.41) is 9.72.